The lowest BCUT2D eigenvalue weighted by Crippen LogP contribution is -2.47. The van der Waals surface area contributed by atoms with E-state index in [9.17, 15) is 24.6 Å². The number of hydrogen-bond acceptors (Lipinski definition) is 5. The Bertz CT molecular complexity index is 571. The molecule has 0 bridgehead atoms. The molecule has 0 fully saturated rings. The first-order valence-electron chi connectivity index (χ1n) is 9.22. The second kappa shape index (κ2) is 8.26. The predicted octanol–water partition coefficient (Wildman–Crippen LogP) is 3.40. The minimum Gasteiger partial charge on any atom is -0.508 e. The fourth-order valence-electron chi connectivity index (χ4n) is 3.14. The second-order valence-corrected chi connectivity index (χ2v) is 8.25. The molecule has 0 amide bonds. The molecule has 5 heteroatoms. The number of allylic oxidation sites excluding steroid dienone is 1. The average molecular weight is 352 g/mol. The number of aliphatic hydroxyl groups excluding tert-OH is 1. The highest BCUT2D eigenvalue weighted by atomic mass is 16.3. The van der Waals surface area contributed by atoms with Crippen LogP contribution in [0.2, 0.25) is 0 Å². The minimum absolute atomic E-state index is 0.0623. The standard InChI is InChI=1S/C20H32O5/c1-11(2)7-9-14-18(23)16(17(22)13(5)6)19(24)20(14,25)15(21)10-8-12(3)4/h11-14,24-25H,7-10H2,1-6H3/t14?,20-/m0/s1. The van der Waals surface area contributed by atoms with E-state index in [1.165, 1.54) is 0 Å². The minimum atomic E-state index is -2.26. The highest BCUT2D eigenvalue weighted by molar-refractivity contribution is 6.26. The Morgan fingerprint density at radius 2 is 1.56 bits per heavy atom. The van der Waals surface area contributed by atoms with Crippen molar-refractivity contribution < 1.29 is 24.6 Å². The molecule has 0 aliphatic heterocycles. The Balaban J connectivity index is 3.30. The molecule has 1 unspecified atom stereocenters. The van der Waals surface area contributed by atoms with Crippen LogP contribution in [0.1, 0.15) is 67.2 Å². The van der Waals surface area contributed by atoms with Crippen molar-refractivity contribution in [3.63, 3.8) is 0 Å². The second-order valence-electron chi connectivity index (χ2n) is 8.25. The van der Waals surface area contributed by atoms with Gasteiger partial charge in [0.25, 0.3) is 0 Å². The molecule has 5 nitrogen and oxygen atoms in total. The highest BCUT2D eigenvalue weighted by Crippen LogP contribution is 2.42. The van der Waals surface area contributed by atoms with E-state index >= 15 is 0 Å². The van der Waals surface area contributed by atoms with E-state index in [0.717, 1.165) is 0 Å². The summed E-state index contributed by atoms with van der Waals surface area (Å²) in [4.78, 5) is 37.9. The van der Waals surface area contributed by atoms with Gasteiger partial charge in [0.05, 0.1) is 5.92 Å². The van der Waals surface area contributed by atoms with Crippen LogP contribution in [0.15, 0.2) is 11.3 Å². The van der Waals surface area contributed by atoms with Gasteiger partial charge >= 0.3 is 0 Å². The van der Waals surface area contributed by atoms with Crippen LogP contribution < -0.4 is 0 Å². The van der Waals surface area contributed by atoms with Crippen LogP contribution in [0, 0.1) is 23.7 Å². The fraction of sp³-hybridized carbons (Fsp3) is 0.750. The van der Waals surface area contributed by atoms with Gasteiger partial charge in [0.1, 0.15) is 11.3 Å². The summed E-state index contributed by atoms with van der Waals surface area (Å²) in [5.74, 6) is -3.49. The zero-order valence-corrected chi connectivity index (χ0v) is 16.3. The molecule has 2 atom stereocenters. The maximum Gasteiger partial charge on any atom is 0.190 e. The smallest absolute Gasteiger partial charge is 0.190 e. The Morgan fingerprint density at radius 3 is 2.00 bits per heavy atom. The maximum absolute atomic E-state index is 12.8. The van der Waals surface area contributed by atoms with E-state index in [0.29, 0.717) is 12.8 Å². The molecule has 1 rings (SSSR count). The maximum atomic E-state index is 12.8. The van der Waals surface area contributed by atoms with Crippen LogP contribution in [0.3, 0.4) is 0 Å². The van der Waals surface area contributed by atoms with Gasteiger partial charge in [-0.1, -0.05) is 48.0 Å². The molecule has 1 aliphatic rings. The highest BCUT2D eigenvalue weighted by Gasteiger charge is 2.58. The summed E-state index contributed by atoms with van der Waals surface area (Å²) in [5, 5.41) is 21.6. The number of carbonyl (C=O) groups excluding carboxylic acids is 3. The monoisotopic (exact) mass is 352 g/mol. The number of hydrogen-bond donors (Lipinski definition) is 2. The van der Waals surface area contributed by atoms with Gasteiger partial charge in [-0.25, -0.2) is 0 Å². The van der Waals surface area contributed by atoms with E-state index in [1.54, 1.807) is 13.8 Å². The molecule has 0 saturated carbocycles. The Kier molecular flexibility index (Phi) is 7.12. The lowest BCUT2D eigenvalue weighted by atomic mass is 9.79. The first kappa shape index (κ1) is 21.6. The number of carbonyl (C=O) groups is 3. The summed E-state index contributed by atoms with van der Waals surface area (Å²) in [6.45, 7) is 11.1. The first-order chi connectivity index (χ1) is 11.4. The van der Waals surface area contributed by atoms with Gasteiger partial charge in [-0.15, -0.1) is 0 Å². The zero-order chi connectivity index (χ0) is 19.5. The van der Waals surface area contributed by atoms with Crippen molar-refractivity contribution in [1.29, 1.82) is 0 Å². The molecule has 0 spiro atoms. The van der Waals surface area contributed by atoms with Crippen molar-refractivity contribution in [2.75, 3.05) is 0 Å². The molecular formula is C20H32O5. The van der Waals surface area contributed by atoms with Crippen LogP contribution in [0.5, 0.6) is 0 Å². The van der Waals surface area contributed by atoms with Crippen molar-refractivity contribution >= 4 is 17.3 Å². The van der Waals surface area contributed by atoms with Crippen molar-refractivity contribution in [3.05, 3.63) is 11.3 Å². The molecule has 0 aromatic carbocycles. The quantitative estimate of drug-likeness (QED) is 0.621. The number of rotatable bonds is 9. The number of Topliss-reactive ketones (excluding diaryl/α,β-unsaturated/α-hetero) is 3. The first-order valence-corrected chi connectivity index (χ1v) is 9.22. The SMILES string of the molecule is CC(C)CCC(=O)[C@]1(O)C(O)=C(C(=O)C(C)C)C(=O)C1CCC(C)C. The van der Waals surface area contributed by atoms with Crippen molar-refractivity contribution in [2.24, 2.45) is 23.7 Å². The van der Waals surface area contributed by atoms with Crippen LogP contribution in [0.4, 0.5) is 0 Å². The molecule has 0 radical (unpaired) electrons. The van der Waals surface area contributed by atoms with Crippen LogP contribution in [-0.4, -0.2) is 33.2 Å². The Hall–Kier alpha value is -1.49. The topological polar surface area (TPSA) is 91.7 Å². The van der Waals surface area contributed by atoms with Gasteiger partial charge in [-0.05, 0) is 24.7 Å². The van der Waals surface area contributed by atoms with E-state index in [4.69, 9.17) is 0 Å². The summed E-state index contributed by atoms with van der Waals surface area (Å²) in [6, 6.07) is 0. The van der Waals surface area contributed by atoms with Gasteiger partial charge in [0.2, 0.25) is 0 Å². The molecule has 1 aliphatic carbocycles. The largest absolute Gasteiger partial charge is 0.508 e. The predicted molar refractivity (Wildman–Crippen MR) is 96.1 cm³/mol. The molecule has 0 aromatic heterocycles. The Morgan fingerprint density at radius 1 is 1.04 bits per heavy atom. The summed E-state index contributed by atoms with van der Waals surface area (Å²) < 4.78 is 0. The van der Waals surface area contributed by atoms with E-state index in [1.807, 2.05) is 27.7 Å². The van der Waals surface area contributed by atoms with Gasteiger partial charge in [0, 0.05) is 12.3 Å². The molecule has 25 heavy (non-hydrogen) atoms. The molecule has 0 aromatic rings. The Labute approximate surface area is 150 Å². The van der Waals surface area contributed by atoms with Crippen molar-refractivity contribution in [1.82, 2.24) is 0 Å². The molecule has 0 heterocycles. The lowest BCUT2D eigenvalue weighted by molar-refractivity contribution is -0.145. The van der Waals surface area contributed by atoms with Crippen LogP contribution in [0.25, 0.3) is 0 Å². The van der Waals surface area contributed by atoms with Gasteiger partial charge in [-0.3, -0.25) is 14.4 Å². The summed E-state index contributed by atoms with van der Waals surface area (Å²) >= 11 is 0. The van der Waals surface area contributed by atoms with E-state index < -0.39 is 40.5 Å². The van der Waals surface area contributed by atoms with Crippen molar-refractivity contribution in [3.8, 4) is 0 Å². The van der Waals surface area contributed by atoms with Crippen LogP contribution in [-0.2, 0) is 14.4 Å². The number of aliphatic hydroxyl groups is 2. The summed E-state index contributed by atoms with van der Waals surface area (Å²) in [7, 11) is 0. The lowest BCUT2D eigenvalue weighted by Gasteiger charge is -2.28. The van der Waals surface area contributed by atoms with Gasteiger partial charge in [0.15, 0.2) is 23.0 Å². The summed E-state index contributed by atoms with van der Waals surface area (Å²) in [6.07, 6.45) is 1.49. The molecule has 142 valence electrons. The zero-order valence-electron chi connectivity index (χ0n) is 16.3. The third-order valence-electron chi connectivity index (χ3n) is 4.84. The number of ketones is 3. The normalized spacial score (nSPS) is 24.1. The summed E-state index contributed by atoms with van der Waals surface area (Å²) in [5.41, 5.74) is -2.65. The van der Waals surface area contributed by atoms with Crippen LogP contribution >= 0.6 is 0 Å². The van der Waals surface area contributed by atoms with E-state index in [2.05, 4.69) is 0 Å². The molecule has 0 saturated heterocycles. The average Bonchev–Trinajstić information content (AvgIpc) is 2.69. The molecular weight excluding hydrogens is 320 g/mol. The van der Waals surface area contributed by atoms with Gasteiger partial charge < -0.3 is 10.2 Å². The third-order valence-corrected chi connectivity index (χ3v) is 4.84. The van der Waals surface area contributed by atoms with E-state index in [-0.39, 0.29) is 30.3 Å². The molecule has 2 N–H and O–H groups in total. The van der Waals surface area contributed by atoms with Gasteiger partial charge in [-0.2, -0.15) is 0 Å². The third kappa shape index (κ3) is 4.38. The van der Waals surface area contributed by atoms with Crippen molar-refractivity contribution in [2.45, 2.75) is 72.8 Å². The fourth-order valence-corrected chi connectivity index (χ4v) is 3.14.